The van der Waals surface area contributed by atoms with Crippen LogP contribution in [0.5, 0.6) is 11.5 Å². The number of para-hydroxylation sites is 2. The fraction of sp³-hybridized carbons (Fsp3) is 0.0602. The van der Waals surface area contributed by atoms with Gasteiger partial charge >= 0.3 is 0 Å². The molecule has 15 aromatic rings. The number of aryl methyl sites for hydroxylation is 1. The van der Waals surface area contributed by atoms with Crippen molar-refractivity contribution in [2.45, 2.75) is 33.0 Å². The molecule has 90 heavy (non-hydrogen) atoms. The number of imidazole rings is 1. The smallest absolute Gasteiger partial charge is 0.269 e. The second-order valence-corrected chi connectivity index (χ2v) is 28.8. The molecule has 3 heterocycles. The van der Waals surface area contributed by atoms with E-state index in [0.29, 0.717) is 21.8 Å². The lowest BCUT2D eigenvalue weighted by atomic mass is 9.85. The molecule has 12 aromatic carbocycles. The average Bonchev–Trinajstić information content (AvgIpc) is 0.884. The van der Waals surface area contributed by atoms with Crippen molar-refractivity contribution in [1.29, 1.82) is 0 Å². The Bertz CT molecular complexity index is 6890. The van der Waals surface area contributed by atoms with E-state index in [0.717, 1.165) is 6.20 Å². The minimum atomic E-state index is -6.22. The summed E-state index contributed by atoms with van der Waals surface area (Å²) in [6.07, 6.45) is 4.48. The zero-order valence-electron chi connectivity index (χ0n) is 85.7. The molecule has 0 saturated heterocycles. The zero-order chi connectivity index (χ0) is 93.8. The van der Waals surface area contributed by atoms with Crippen LogP contribution >= 0.6 is 0 Å². The minimum absolute atomic E-state index is 0.0110. The van der Waals surface area contributed by atoms with E-state index in [4.69, 9.17) is 28.9 Å². The first-order valence-corrected chi connectivity index (χ1v) is 31.9. The summed E-state index contributed by atoms with van der Waals surface area (Å²) in [6.45, 7) is 2.05. The predicted molar refractivity (Wildman–Crippen MR) is 378 cm³/mol. The summed E-state index contributed by atoms with van der Waals surface area (Å²) in [5.74, 6) is 0.0112. The molecule has 0 amide bonds. The van der Waals surface area contributed by atoms with Gasteiger partial charge in [-0.15, -0.1) is 0 Å². The largest absolute Gasteiger partial charge is 0.458 e. The number of ether oxygens (including phenoxy) is 1. The Morgan fingerprint density at radius 3 is 1.56 bits per heavy atom. The van der Waals surface area contributed by atoms with E-state index in [1.165, 1.54) is 69.8 Å². The minimum Gasteiger partial charge on any atom is -0.458 e. The summed E-state index contributed by atoms with van der Waals surface area (Å²) in [5, 5.41) is -5.06. The van der Waals surface area contributed by atoms with Crippen molar-refractivity contribution in [3.05, 3.63) is 344 Å². The third kappa shape index (κ3) is 9.53. The maximum atomic E-state index is 10.1. The molecule has 0 aliphatic carbocycles. The number of aromatic nitrogens is 4. The molecule has 3 aromatic heterocycles. The molecule has 0 N–H and O–H groups in total. The highest BCUT2D eigenvalue weighted by Crippen LogP contribution is 2.37. The highest BCUT2D eigenvalue weighted by Gasteiger charge is 2.45. The Morgan fingerprint density at radius 1 is 0.467 bits per heavy atom. The van der Waals surface area contributed by atoms with E-state index in [1.807, 2.05) is 0 Å². The van der Waals surface area contributed by atoms with Gasteiger partial charge in [0.25, 0.3) is 6.33 Å². The summed E-state index contributed by atoms with van der Waals surface area (Å²) in [4.78, 5) is 4.70. The molecule has 0 atom stereocenters. The number of hydrogen-bond donors (Lipinski definition) is 0. The van der Waals surface area contributed by atoms with Crippen LogP contribution in [0.3, 0.4) is 0 Å². The van der Waals surface area contributed by atoms with Gasteiger partial charge in [0.2, 0.25) is 0 Å². The van der Waals surface area contributed by atoms with Crippen LogP contribution in [0.25, 0.3) is 61.2 Å². The zero-order valence-corrected chi connectivity index (χ0v) is 49.7. The van der Waals surface area contributed by atoms with Crippen LogP contribution in [0, 0.1) is 13.2 Å². The van der Waals surface area contributed by atoms with Gasteiger partial charge in [0.1, 0.15) is 17.3 Å². The third-order valence-corrected chi connectivity index (χ3v) is 24.0. The van der Waals surface area contributed by atoms with Crippen molar-refractivity contribution >= 4 is 90.5 Å². The monoisotopic (exact) mass is 1230 g/mol. The van der Waals surface area contributed by atoms with Gasteiger partial charge < -0.3 is 4.74 Å². The number of hydrogen-bond acceptors (Lipinski definition) is 2. The fourth-order valence-electron chi connectivity index (χ4n) is 11.8. The van der Waals surface area contributed by atoms with Gasteiger partial charge in [-0.2, -0.15) is 0 Å². The van der Waals surface area contributed by atoms with Crippen molar-refractivity contribution in [2.24, 2.45) is 0 Å². The van der Waals surface area contributed by atoms with Crippen LogP contribution in [0.2, 0.25) is 0 Å². The molecule has 0 aliphatic rings. The molecule has 0 saturated carbocycles. The van der Waals surface area contributed by atoms with E-state index >= 15 is 0 Å². The molecule has 0 bridgehead atoms. The van der Waals surface area contributed by atoms with E-state index in [2.05, 4.69) is 6.33 Å². The van der Waals surface area contributed by atoms with Gasteiger partial charge in [0.05, 0.1) is 81.4 Å². The van der Waals surface area contributed by atoms with Crippen molar-refractivity contribution in [3.8, 4) is 39.8 Å². The lowest BCUT2D eigenvalue weighted by Gasteiger charge is -2.38. The highest BCUT2D eigenvalue weighted by molar-refractivity contribution is 7.20. The van der Waals surface area contributed by atoms with Crippen LogP contribution in [-0.4, -0.2) is 30.3 Å². The Labute approximate surface area is 582 Å². The third-order valence-electron chi connectivity index (χ3n) is 15.7. The summed E-state index contributed by atoms with van der Waals surface area (Å²) in [5.41, 5.74) is -2.27. The maximum Gasteiger partial charge on any atom is 0.269 e. The summed E-state index contributed by atoms with van der Waals surface area (Å²) >= 11 is 0. The molecule has 0 radical (unpaired) electrons. The molecule has 5 nitrogen and oxygen atoms in total. The summed E-state index contributed by atoms with van der Waals surface area (Å²) < 4.78 is 367. The number of benzene rings is 12. The quantitative estimate of drug-likeness (QED) is 0.0471. The Kier molecular flexibility index (Phi) is 7.24. The van der Waals surface area contributed by atoms with Gasteiger partial charge in [-0.25, -0.2) is 4.98 Å². The first kappa shape index (κ1) is 28.2. The highest BCUT2D eigenvalue weighted by atomic mass is 28.3. The van der Waals surface area contributed by atoms with Gasteiger partial charge in [0, 0.05) is 32.7 Å². The fourth-order valence-corrected chi connectivity index (χ4v) is 19.6. The van der Waals surface area contributed by atoms with E-state index in [-0.39, 0.29) is 50.9 Å². The lowest BCUT2D eigenvalue weighted by Crippen LogP contribution is -2.76. The SMILES string of the molecule is [2H]c1c([2H])c([2H])c(-c2cnc(-n3c4ccccc4c4ccc(Oc5cccc(-n6[c-][n+](-c7c(C(C)(C)C)cccc7[Si](c7c([2H])c([2H])c([2H])c([2H])c7[2H])(c7c([2H])c([2H])c([2H])c([2H])c7[2H])c7c([2H])c([2H])c([2H])c([2H])c7[2H])c7ccc([Si](c8c([2H])c([2H])c([2H])c([2H])c8[2H])(c8c([2H])c([2H])c([2H])c([2H])c8[2H])c8c([2H])c([2H])c([2H])c([2H])c8[2H])cc76)c5)cc43)cc2C([2H])([2H])[2H])c([2H])c1[2H]. The summed E-state index contributed by atoms with van der Waals surface area (Å²) in [7, 11) is -12.3. The molecule has 0 fully saturated rings. The number of nitrogens with zero attached hydrogens (tertiary/aromatic N) is 4. The maximum absolute atomic E-state index is 10.1. The molecule has 0 aliphatic heterocycles. The van der Waals surface area contributed by atoms with Crippen LogP contribution in [0.1, 0.15) is 84.0 Å². The van der Waals surface area contributed by atoms with Gasteiger partial charge in [-0.1, -0.05) is 293 Å². The first-order chi connectivity index (χ1) is 59.9. The number of pyridine rings is 1. The van der Waals surface area contributed by atoms with Crippen LogP contribution < -0.4 is 50.8 Å². The first-order valence-electron chi connectivity index (χ1n) is 46.9. The van der Waals surface area contributed by atoms with Crippen LogP contribution in [0.15, 0.2) is 327 Å². The van der Waals surface area contributed by atoms with Crippen molar-refractivity contribution in [3.63, 3.8) is 0 Å². The van der Waals surface area contributed by atoms with Gasteiger partial charge in [0.15, 0.2) is 16.1 Å². The van der Waals surface area contributed by atoms with Crippen molar-refractivity contribution < 1.29 is 61.4 Å². The molecule has 0 spiro atoms. The molecular weight excluding hydrogens is 1130 g/mol. The Hall–Kier alpha value is -10.7. The van der Waals surface area contributed by atoms with Crippen LogP contribution in [-0.2, 0) is 5.41 Å². The standard InChI is InChI=1S/C83H66N4OSi2/c1-60-54-81(84-58-74(60)61-30-12-5-13-31-61)87-76-48-27-26-46-72(76)73-52-50-64(56-78(73)87)88-63-33-28-32-62(55-63)85-59-86(77-53-51-71(57-79(77)85)89(65-34-14-6-15-35-65,66-36-16-7-17-37-66)67-38-18-8-19-39-67)82-75(83(2,3)4)47-29-49-80(82)90(68-40-20-9-21-41-68,69-42-22-10-23-43-69)70-44-24-11-25-45-70/h5-58H,1-4H3/i1D3,5D,6D,7D,8D,9D,10D,11D,12D,13D,14D,15D,16D,17D,18D,19D,20D,21D,22D,23D,24D,25D,30D,31D,34D,35D,36D,37D,38D,39D,40D,41D,42D,43D,44D,45D. The topological polar surface area (TPSA) is 35.9 Å². The number of rotatable bonds is 14. The van der Waals surface area contributed by atoms with E-state index < -0.39 is 293 Å². The molecule has 7 heteroatoms. The van der Waals surface area contributed by atoms with Gasteiger partial charge in [-0.3, -0.25) is 13.7 Å². The normalized spacial score (nSPS) is 18.1. The van der Waals surface area contributed by atoms with Crippen LogP contribution in [0.4, 0.5) is 0 Å². The summed E-state index contributed by atoms with van der Waals surface area (Å²) in [6, 6.07) is -9.35. The van der Waals surface area contributed by atoms with E-state index in [9.17, 15) is 32.9 Å². The second kappa shape index (κ2) is 23.1. The number of fused-ring (bicyclic) bond motifs is 4. The molecular formula is C83H66N4OSi2. The predicted octanol–water partition coefficient (Wildman–Crippen LogP) is 14.0. The average molecular weight is 1230 g/mol. The molecule has 432 valence electrons. The van der Waals surface area contributed by atoms with Gasteiger partial charge in [-0.05, 0) is 113 Å². The van der Waals surface area contributed by atoms with Crippen molar-refractivity contribution in [2.75, 3.05) is 0 Å². The Balaban J connectivity index is 1.12. The molecule has 15 rings (SSSR count). The lowest BCUT2D eigenvalue weighted by molar-refractivity contribution is -0.572. The molecule has 0 unspecified atom stereocenters. The van der Waals surface area contributed by atoms with Crippen molar-refractivity contribution in [1.82, 2.24) is 14.1 Å². The van der Waals surface area contributed by atoms with E-state index in [1.54, 1.807) is 73.9 Å². The Morgan fingerprint density at radius 2 is 0.989 bits per heavy atom. The second-order valence-electron chi connectivity index (χ2n) is 21.6.